The van der Waals surface area contributed by atoms with Gasteiger partial charge in [0.2, 0.25) is 0 Å². The van der Waals surface area contributed by atoms with E-state index in [9.17, 15) is 9.90 Å². The molecule has 17 heavy (non-hydrogen) atoms. The Morgan fingerprint density at radius 2 is 2.12 bits per heavy atom. The first-order valence-electron chi connectivity index (χ1n) is 5.01. The highest BCUT2D eigenvalue weighted by molar-refractivity contribution is 7.99. The summed E-state index contributed by atoms with van der Waals surface area (Å²) in [6.45, 7) is 0. The standard InChI is InChI=1S/C11H14ClNO3S/c12-6-9(14)10(16-11(13)15)7-17-8-4-2-1-3-5-8/h1-5,9-10,14H,6-7H2,(H2,13,15). The van der Waals surface area contributed by atoms with Crippen molar-refractivity contribution in [1.82, 2.24) is 0 Å². The molecule has 0 aliphatic rings. The summed E-state index contributed by atoms with van der Waals surface area (Å²) in [6, 6.07) is 9.59. The van der Waals surface area contributed by atoms with Crippen LogP contribution >= 0.6 is 23.4 Å². The van der Waals surface area contributed by atoms with Gasteiger partial charge in [0.15, 0.2) is 0 Å². The van der Waals surface area contributed by atoms with Crippen molar-refractivity contribution in [2.75, 3.05) is 11.6 Å². The van der Waals surface area contributed by atoms with Gasteiger partial charge in [0.1, 0.15) is 12.2 Å². The first kappa shape index (κ1) is 14.2. The molecule has 0 bridgehead atoms. The Morgan fingerprint density at radius 1 is 1.47 bits per heavy atom. The van der Waals surface area contributed by atoms with Gasteiger partial charge in [0.25, 0.3) is 0 Å². The molecule has 1 rings (SSSR count). The minimum absolute atomic E-state index is 0.00665. The normalized spacial score (nSPS) is 14.0. The number of nitrogens with two attached hydrogens (primary N) is 1. The average molecular weight is 276 g/mol. The maximum Gasteiger partial charge on any atom is 0.404 e. The van der Waals surface area contributed by atoms with E-state index in [4.69, 9.17) is 22.1 Å². The molecular formula is C11H14ClNO3S. The molecule has 94 valence electrons. The largest absolute Gasteiger partial charge is 0.443 e. The van der Waals surface area contributed by atoms with E-state index in [1.807, 2.05) is 30.3 Å². The van der Waals surface area contributed by atoms with Crippen LogP contribution in [0.1, 0.15) is 0 Å². The molecule has 0 saturated carbocycles. The third kappa shape index (κ3) is 5.30. The molecule has 1 aromatic rings. The van der Waals surface area contributed by atoms with E-state index in [1.54, 1.807) is 0 Å². The number of carbonyl (C=O) groups excluding carboxylic acids is 1. The predicted octanol–water partition coefficient (Wildman–Crippen LogP) is 1.84. The molecule has 0 aliphatic carbocycles. The number of rotatable bonds is 6. The summed E-state index contributed by atoms with van der Waals surface area (Å²) < 4.78 is 4.81. The number of carbonyl (C=O) groups is 1. The van der Waals surface area contributed by atoms with Gasteiger partial charge in [-0.05, 0) is 12.1 Å². The molecule has 1 amide bonds. The molecule has 0 spiro atoms. The van der Waals surface area contributed by atoms with Crippen LogP contribution in [0.15, 0.2) is 35.2 Å². The van der Waals surface area contributed by atoms with Crippen LogP contribution in [0.3, 0.4) is 0 Å². The SMILES string of the molecule is NC(=O)OC(CSc1ccccc1)C(O)CCl. The number of benzene rings is 1. The van der Waals surface area contributed by atoms with Crippen molar-refractivity contribution in [2.45, 2.75) is 17.1 Å². The lowest BCUT2D eigenvalue weighted by Gasteiger charge is -2.20. The Bertz CT molecular complexity index is 350. The van der Waals surface area contributed by atoms with E-state index >= 15 is 0 Å². The van der Waals surface area contributed by atoms with Crippen molar-refractivity contribution in [3.05, 3.63) is 30.3 Å². The third-order valence-electron chi connectivity index (χ3n) is 2.01. The minimum atomic E-state index is -0.916. The van der Waals surface area contributed by atoms with Gasteiger partial charge in [-0.3, -0.25) is 0 Å². The van der Waals surface area contributed by atoms with Crippen molar-refractivity contribution in [1.29, 1.82) is 0 Å². The van der Waals surface area contributed by atoms with Crippen LogP contribution in [0.2, 0.25) is 0 Å². The van der Waals surface area contributed by atoms with Gasteiger partial charge in [0.05, 0.1) is 5.88 Å². The molecule has 0 aliphatic heterocycles. The van der Waals surface area contributed by atoms with Gasteiger partial charge >= 0.3 is 6.09 Å². The first-order chi connectivity index (χ1) is 8.13. The summed E-state index contributed by atoms with van der Waals surface area (Å²) in [4.78, 5) is 11.7. The second-order valence-corrected chi connectivity index (χ2v) is 4.72. The number of primary amides is 1. The van der Waals surface area contributed by atoms with Crippen molar-refractivity contribution < 1.29 is 14.6 Å². The molecule has 2 atom stereocenters. The van der Waals surface area contributed by atoms with Crippen molar-refractivity contribution in [3.63, 3.8) is 0 Å². The number of hydrogen-bond acceptors (Lipinski definition) is 4. The van der Waals surface area contributed by atoms with Gasteiger partial charge in [-0.1, -0.05) is 18.2 Å². The lowest BCUT2D eigenvalue weighted by atomic mass is 10.2. The van der Waals surface area contributed by atoms with E-state index < -0.39 is 18.3 Å². The zero-order chi connectivity index (χ0) is 12.7. The van der Waals surface area contributed by atoms with Crippen LogP contribution in [0, 0.1) is 0 Å². The van der Waals surface area contributed by atoms with Crippen LogP contribution in [0.25, 0.3) is 0 Å². The average Bonchev–Trinajstić information content (AvgIpc) is 2.34. The number of aliphatic hydroxyl groups excluding tert-OH is 1. The monoisotopic (exact) mass is 275 g/mol. The molecule has 2 unspecified atom stereocenters. The predicted molar refractivity (Wildman–Crippen MR) is 68.3 cm³/mol. The van der Waals surface area contributed by atoms with Gasteiger partial charge in [-0.15, -0.1) is 23.4 Å². The molecule has 0 radical (unpaired) electrons. The highest BCUT2D eigenvalue weighted by atomic mass is 35.5. The lowest BCUT2D eigenvalue weighted by Crippen LogP contribution is -2.36. The number of amides is 1. The number of aliphatic hydroxyl groups is 1. The van der Waals surface area contributed by atoms with Crippen LogP contribution < -0.4 is 5.73 Å². The number of hydrogen-bond donors (Lipinski definition) is 2. The van der Waals surface area contributed by atoms with Crippen LogP contribution in [0.5, 0.6) is 0 Å². The fourth-order valence-electron chi connectivity index (χ4n) is 1.17. The second kappa shape index (κ2) is 7.42. The van der Waals surface area contributed by atoms with E-state index in [0.717, 1.165) is 4.90 Å². The molecule has 1 aromatic carbocycles. The second-order valence-electron chi connectivity index (χ2n) is 3.32. The summed E-state index contributed by atoms with van der Waals surface area (Å²) in [5, 5.41) is 9.57. The number of alkyl halides is 1. The molecule has 0 heterocycles. The van der Waals surface area contributed by atoms with E-state index in [1.165, 1.54) is 11.8 Å². The summed E-state index contributed by atoms with van der Waals surface area (Å²) in [7, 11) is 0. The highest BCUT2D eigenvalue weighted by Crippen LogP contribution is 2.20. The maximum absolute atomic E-state index is 10.7. The van der Waals surface area contributed by atoms with Crippen molar-refractivity contribution in [2.24, 2.45) is 5.73 Å². The first-order valence-corrected chi connectivity index (χ1v) is 6.53. The maximum atomic E-state index is 10.7. The molecule has 4 nitrogen and oxygen atoms in total. The smallest absolute Gasteiger partial charge is 0.404 e. The van der Waals surface area contributed by atoms with Crippen molar-refractivity contribution >= 4 is 29.5 Å². The number of thioether (sulfide) groups is 1. The summed E-state index contributed by atoms with van der Waals surface area (Å²) in [5.41, 5.74) is 4.93. The summed E-state index contributed by atoms with van der Waals surface area (Å²) in [6.07, 6.45) is -2.52. The van der Waals surface area contributed by atoms with Gasteiger partial charge < -0.3 is 15.6 Å². The molecule has 6 heteroatoms. The topological polar surface area (TPSA) is 72.6 Å². The Morgan fingerprint density at radius 3 is 2.65 bits per heavy atom. The molecule has 3 N–H and O–H groups in total. The van der Waals surface area contributed by atoms with E-state index in [0.29, 0.717) is 5.75 Å². The van der Waals surface area contributed by atoms with Gasteiger partial charge in [0, 0.05) is 10.6 Å². The van der Waals surface area contributed by atoms with Crippen molar-refractivity contribution in [3.8, 4) is 0 Å². The fraction of sp³-hybridized carbons (Fsp3) is 0.364. The molecule has 0 fully saturated rings. The lowest BCUT2D eigenvalue weighted by molar-refractivity contribution is 0.0311. The van der Waals surface area contributed by atoms with Gasteiger partial charge in [-0.25, -0.2) is 4.79 Å². The molecule has 0 aromatic heterocycles. The van der Waals surface area contributed by atoms with E-state index in [-0.39, 0.29) is 5.88 Å². The zero-order valence-corrected chi connectivity index (χ0v) is 10.7. The van der Waals surface area contributed by atoms with Gasteiger partial charge in [-0.2, -0.15) is 0 Å². The van der Waals surface area contributed by atoms with Crippen LogP contribution in [-0.2, 0) is 4.74 Å². The summed E-state index contributed by atoms with van der Waals surface area (Å²) >= 11 is 6.98. The quantitative estimate of drug-likeness (QED) is 0.614. The Labute approximate surface area is 109 Å². The Hall–Kier alpha value is -0.910. The fourth-order valence-corrected chi connectivity index (χ4v) is 2.36. The highest BCUT2D eigenvalue weighted by Gasteiger charge is 2.21. The molecule has 0 saturated heterocycles. The zero-order valence-electron chi connectivity index (χ0n) is 9.08. The Balaban J connectivity index is 2.51. The number of halogens is 1. The van der Waals surface area contributed by atoms with Crippen LogP contribution in [0.4, 0.5) is 4.79 Å². The van der Waals surface area contributed by atoms with E-state index in [2.05, 4.69) is 0 Å². The summed E-state index contributed by atoms with van der Waals surface area (Å²) in [5.74, 6) is 0.397. The third-order valence-corrected chi connectivity index (χ3v) is 3.43. The Kier molecular flexibility index (Phi) is 6.18. The minimum Gasteiger partial charge on any atom is -0.443 e. The van der Waals surface area contributed by atoms with Crippen LogP contribution in [-0.4, -0.2) is 35.0 Å². The molecular weight excluding hydrogens is 262 g/mol. The number of ether oxygens (including phenoxy) is 1.